The van der Waals surface area contributed by atoms with Crippen molar-refractivity contribution in [1.82, 2.24) is 19.5 Å². The Kier molecular flexibility index (Phi) is 6.43. The van der Waals surface area contributed by atoms with E-state index in [1.807, 2.05) is 60.7 Å². The smallest absolute Gasteiger partial charge is 0.164 e. The molecule has 7 aromatic carbocycles. The van der Waals surface area contributed by atoms with Crippen molar-refractivity contribution in [2.24, 2.45) is 0 Å². The molecule has 0 fully saturated rings. The predicted octanol–water partition coefficient (Wildman–Crippen LogP) is 10.8. The molecule has 2 aromatic heterocycles. The van der Waals surface area contributed by atoms with Gasteiger partial charge in [-0.3, -0.25) is 0 Å². The highest BCUT2D eigenvalue weighted by Crippen LogP contribution is 2.38. The summed E-state index contributed by atoms with van der Waals surface area (Å²) >= 11 is 0. The molecule has 0 aliphatic carbocycles. The van der Waals surface area contributed by atoms with Crippen LogP contribution in [0.25, 0.3) is 83.6 Å². The lowest BCUT2D eigenvalue weighted by Crippen LogP contribution is -2.00. The Labute approximate surface area is 272 Å². The second kappa shape index (κ2) is 11.2. The Morgan fingerprint density at radius 1 is 0.340 bits per heavy atom. The van der Waals surface area contributed by atoms with Crippen molar-refractivity contribution in [1.29, 1.82) is 0 Å². The zero-order valence-corrected chi connectivity index (χ0v) is 25.5. The molecule has 0 unspecified atom stereocenters. The van der Waals surface area contributed by atoms with Gasteiger partial charge < -0.3 is 4.57 Å². The third kappa shape index (κ3) is 4.75. The summed E-state index contributed by atoms with van der Waals surface area (Å²) in [5.74, 6) is 1.96. The van der Waals surface area contributed by atoms with E-state index in [1.165, 1.54) is 32.6 Å². The molecule has 0 radical (unpaired) electrons. The first-order chi connectivity index (χ1) is 23.3. The van der Waals surface area contributed by atoms with Gasteiger partial charge in [0.05, 0.1) is 11.0 Å². The van der Waals surface area contributed by atoms with E-state index < -0.39 is 0 Å². The van der Waals surface area contributed by atoms with E-state index in [4.69, 9.17) is 15.0 Å². The van der Waals surface area contributed by atoms with Crippen LogP contribution in [0.5, 0.6) is 0 Å². The summed E-state index contributed by atoms with van der Waals surface area (Å²) in [7, 11) is 0. The molecule has 0 N–H and O–H groups in total. The second-order valence-corrected chi connectivity index (χ2v) is 11.7. The first kappa shape index (κ1) is 27.0. The molecule has 9 rings (SSSR count). The molecular weight excluding hydrogens is 573 g/mol. The molecule has 4 nitrogen and oxygen atoms in total. The first-order valence-electron chi connectivity index (χ1n) is 15.8. The van der Waals surface area contributed by atoms with Gasteiger partial charge >= 0.3 is 0 Å². The Bertz CT molecular complexity index is 2500. The minimum atomic E-state index is 0.647. The fourth-order valence-corrected chi connectivity index (χ4v) is 6.60. The quantitative estimate of drug-likeness (QED) is 0.197. The highest BCUT2D eigenvalue weighted by Gasteiger charge is 2.16. The van der Waals surface area contributed by atoms with E-state index in [1.54, 1.807) is 0 Å². The molecule has 0 saturated carbocycles. The van der Waals surface area contributed by atoms with Crippen LogP contribution in [0.3, 0.4) is 0 Å². The molecule has 4 heteroatoms. The molecule has 47 heavy (non-hydrogen) atoms. The summed E-state index contributed by atoms with van der Waals surface area (Å²) in [6.07, 6.45) is 0. The maximum atomic E-state index is 4.97. The van der Waals surface area contributed by atoms with Crippen LogP contribution in [-0.2, 0) is 0 Å². The summed E-state index contributed by atoms with van der Waals surface area (Å²) in [4.78, 5) is 14.8. The molecule has 0 bridgehead atoms. The van der Waals surface area contributed by atoms with Gasteiger partial charge in [-0.05, 0) is 58.3 Å². The molecule has 0 spiro atoms. The van der Waals surface area contributed by atoms with E-state index in [9.17, 15) is 0 Å². The van der Waals surface area contributed by atoms with Crippen molar-refractivity contribution < 1.29 is 0 Å². The highest BCUT2D eigenvalue weighted by atomic mass is 15.0. The summed E-state index contributed by atoms with van der Waals surface area (Å²) in [6, 6.07) is 59.3. The van der Waals surface area contributed by atoms with Crippen LogP contribution in [0.15, 0.2) is 170 Å². The van der Waals surface area contributed by atoms with Gasteiger partial charge in [-0.25, -0.2) is 15.0 Å². The van der Waals surface area contributed by atoms with E-state index in [2.05, 4.69) is 114 Å². The van der Waals surface area contributed by atoms with E-state index >= 15 is 0 Å². The van der Waals surface area contributed by atoms with Crippen LogP contribution in [0, 0.1) is 0 Å². The zero-order valence-electron chi connectivity index (χ0n) is 25.5. The molecule has 0 aliphatic rings. The van der Waals surface area contributed by atoms with Gasteiger partial charge in [0.25, 0.3) is 0 Å². The van der Waals surface area contributed by atoms with Crippen LogP contribution in [-0.4, -0.2) is 19.5 Å². The number of hydrogen-bond acceptors (Lipinski definition) is 3. The second-order valence-electron chi connectivity index (χ2n) is 11.7. The average Bonchev–Trinajstić information content (AvgIpc) is 3.50. The Hall–Kier alpha value is -6.39. The lowest BCUT2D eigenvalue weighted by Gasteiger charge is -2.11. The monoisotopic (exact) mass is 600 g/mol. The maximum absolute atomic E-state index is 4.97. The standard InChI is InChI=1S/C43H28N4/c1-4-13-30(14-5-1)41-44-42(31-15-6-2-7-16-31)46-43(45-41)34-18-12-17-32(27-34)33-24-23-29-25-26-39-40(37(29)28-33)36-21-10-11-22-38(36)47(39)35-19-8-3-9-20-35/h1-28H. The first-order valence-corrected chi connectivity index (χ1v) is 15.8. The van der Waals surface area contributed by atoms with Crippen LogP contribution in [0.4, 0.5) is 0 Å². The molecule has 2 heterocycles. The summed E-state index contributed by atoms with van der Waals surface area (Å²) in [5.41, 5.74) is 8.66. The number of hydrogen-bond donors (Lipinski definition) is 0. The van der Waals surface area contributed by atoms with Crippen molar-refractivity contribution in [2.75, 3.05) is 0 Å². The minimum absolute atomic E-state index is 0.647. The van der Waals surface area contributed by atoms with Crippen LogP contribution in [0.1, 0.15) is 0 Å². The van der Waals surface area contributed by atoms with Crippen molar-refractivity contribution >= 4 is 32.6 Å². The van der Waals surface area contributed by atoms with Crippen LogP contribution >= 0.6 is 0 Å². The van der Waals surface area contributed by atoms with Gasteiger partial charge in [0, 0.05) is 33.2 Å². The Morgan fingerprint density at radius 3 is 1.57 bits per heavy atom. The number of nitrogens with zero attached hydrogens (tertiary/aromatic N) is 4. The molecule has 9 aromatic rings. The van der Waals surface area contributed by atoms with E-state index in [0.29, 0.717) is 17.5 Å². The minimum Gasteiger partial charge on any atom is -0.309 e. The van der Waals surface area contributed by atoms with Gasteiger partial charge in [-0.2, -0.15) is 0 Å². The fraction of sp³-hybridized carbons (Fsp3) is 0. The number of rotatable bonds is 5. The SMILES string of the molecule is c1ccc(-c2nc(-c3ccccc3)nc(-c3cccc(-c4ccc5ccc6c(c5c4)c4ccccc4n6-c4ccccc4)c3)n2)cc1. The highest BCUT2D eigenvalue weighted by molar-refractivity contribution is 6.21. The number of aromatic nitrogens is 4. The summed E-state index contributed by atoms with van der Waals surface area (Å²) in [6.45, 7) is 0. The van der Waals surface area contributed by atoms with Gasteiger partial charge in [0.2, 0.25) is 0 Å². The van der Waals surface area contributed by atoms with Crippen LogP contribution in [0.2, 0.25) is 0 Å². The molecule has 0 aliphatic heterocycles. The Balaban J connectivity index is 1.21. The number of para-hydroxylation sites is 2. The summed E-state index contributed by atoms with van der Waals surface area (Å²) in [5, 5.41) is 4.95. The lowest BCUT2D eigenvalue weighted by atomic mass is 9.97. The normalized spacial score (nSPS) is 11.4. The van der Waals surface area contributed by atoms with Gasteiger partial charge in [0.15, 0.2) is 17.5 Å². The number of benzene rings is 7. The zero-order chi connectivity index (χ0) is 31.2. The van der Waals surface area contributed by atoms with Crippen molar-refractivity contribution in [3.05, 3.63) is 170 Å². The van der Waals surface area contributed by atoms with E-state index in [0.717, 1.165) is 33.5 Å². The molecule has 0 saturated heterocycles. The third-order valence-electron chi connectivity index (χ3n) is 8.82. The Morgan fingerprint density at radius 2 is 0.872 bits per heavy atom. The van der Waals surface area contributed by atoms with Crippen molar-refractivity contribution in [2.45, 2.75) is 0 Å². The van der Waals surface area contributed by atoms with E-state index in [-0.39, 0.29) is 0 Å². The summed E-state index contributed by atoms with van der Waals surface area (Å²) < 4.78 is 2.37. The topological polar surface area (TPSA) is 43.6 Å². The molecule has 0 atom stereocenters. The van der Waals surface area contributed by atoms with Gasteiger partial charge in [-0.1, -0.05) is 133 Å². The van der Waals surface area contributed by atoms with Gasteiger partial charge in [-0.15, -0.1) is 0 Å². The molecule has 220 valence electrons. The number of fused-ring (bicyclic) bond motifs is 5. The van der Waals surface area contributed by atoms with Crippen molar-refractivity contribution in [3.63, 3.8) is 0 Å². The third-order valence-corrected chi connectivity index (χ3v) is 8.82. The van der Waals surface area contributed by atoms with Gasteiger partial charge in [0.1, 0.15) is 0 Å². The van der Waals surface area contributed by atoms with Crippen molar-refractivity contribution in [3.8, 4) is 51.0 Å². The van der Waals surface area contributed by atoms with Crippen LogP contribution < -0.4 is 0 Å². The lowest BCUT2D eigenvalue weighted by molar-refractivity contribution is 1.07. The maximum Gasteiger partial charge on any atom is 0.164 e. The molecular formula is C43H28N4. The molecule has 0 amide bonds. The largest absolute Gasteiger partial charge is 0.309 e. The fourth-order valence-electron chi connectivity index (χ4n) is 6.60. The average molecular weight is 601 g/mol. The predicted molar refractivity (Wildman–Crippen MR) is 193 cm³/mol.